The van der Waals surface area contributed by atoms with E-state index in [1.54, 1.807) is 12.1 Å². The van der Waals surface area contributed by atoms with Crippen LogP contribution < -0.4 is 20.3 Å². The van der Waals surface area contributed by atoms with Crippen molar-refractivity contribution in [1.29, 1.82) is 0 Å². The van der Waals surface area contributed by atoms with Crippen molar-refractivity contribution in [3.63, 3.8) is 0 Å². The van der Waals surface area contributed by atoms with E-state index in [2.05, 4.69) is 44.3 Å². The van der Waals surface area contributed by atoms with Crippen LogP contribution in [0.4, 0.5) is 14.5 Å². The van der Waals surface area contributed by atoms with Gasteiger partial charge in [-0.05, 0) is 52.5 Å². The number of benzene rings is 1. The van der Waals surface area contributed by atoms with Crippen molar-refractivity contribution in [3.8, 4) is 5.75 Å². The van der Waals surface area contributed by atoms with Gasteiger partial charge in [0.1, 0.15) is 5.75 Å². The molecule has 2 N–H and O–H groups in total. The second kappa shape index (κ2) is 13.0. The molecule has 6 nitrogen and oxygen atoms in total. The van der Waals surface area contributed by atoms with Crippen molar-refractivity contribution >= 4 is 35.6 Å². The van der Waals surface area contributed by atoms with Gasteiger partial charge in [0.05, 0.1) is 5.69 Å². The van der Waals surface area contributed by atoms with Gasteiger partial charge < -0.3 is 25.2 Å². The number of rotatable bonds is 9. The molecule has 0 saturated carbocycles. The lowest BCUT2D eigenvalue weighted by Crippen LogP contribution is -2.44. The van der Waals surface area contributed by atoms with Gasteiger partial charge in [-0.3, -0.25) is 4.99 Å². The van der Waals surface area contributed by atoms with E-state index in [9.17, 15) is 8.78 Å². The number of para-hydroxylation sites is 2. The Morgan fingerprint density at radius 1 is 1.36 bits per heavy atom. The first kappa shape index (κ1) is 24.7. The first-order valence-electron chi connectivity index (χ1n) is 9.48. The maximum Gasteiger partial charge on any atom is 0.387 e. The van der Waals surface area contributed by atoms with E-state index in [0.717, 1.165) is 45.0 Å². The molecule has 28 heavy (non-hydrogen) atoms. The Balaban J connectivity index is 0.00000392. The van der Waals surface area contributed by atoms with Gasteiger partial charge in [-0.1, -0.05) is 12.1 Å². The number of ether oxygens (including phenoxy) is 1. The second-order valence-electron chi connectivity index (χ2n) is 6.84. The van der Waals surface area contributed by atoms with Gasteiger partial charge in [0.2, 0.25) is 0 Å². The number of hydrogen-bond acceptors (Lipinski definition) is 4. The first-order valence-corrected chi connectivity index (χ1v) is 9.48. The third-order valence-corrected chi connectivity index (χ3v) is 4.33. The lowest BCUT2D eigenvalue weighted by molar-refractivity contribution is -0.0495. The Bertz CT molecular complexity index is 603. The van der Waals surface area contributed by atoms with Crippen LogP contribution in [0.5, 0.6) is 5.75 Å². The van der Waals surface area contributed by atoms with E-state index in [1.807, 2.05) is 19.1 Å². The average molecular weight is 511 g/mol. The quantitative estimate of drug-likeness (QED) is 0.231. The molecule has 1 aromatic rings. The van der Waals surface area contributed by atoms with E-state index < -0.39 is 6.61 Å². The summed E-state index contributed by atoms with van der Waals surface area (Å²) in [4.78, 5) is 8.85. The summed E-state index contributed by atoms with van der Waals surface area (Å²) >= 11 is 0. The van der Waals surface area contributed by atoms with Crippen molar-refractivity contribution < 1.29 is 13.5 Å². The van der Waals surface area contributed by atoms with Crippen LogP contribution >= 0.6 is 24.0 Å². The molecule has 0 amide bonds. The molecule has 1 aliphatic rings. The number of anilines is 1. The van der Waals surface area contributed by atoms with Crippen molar-refractivity contribution in [1.82, 2.24) is 15.5 Å². The van der Waals surface area contributed by atoms with E-state index in [-0.39, 0.29) is 35.8 Å². The molecule has 2 rings (SSSR count). The van der Waals surface area contributed by atoms with Crippen LogP contribution in [0.15, 0.2) is 29.3 Å². The monoisotopic (exact) mass is 511 g/mol. The minimum atomic E-state index is -2.82. The van der Waals surface area contributed by atoms with Gasteiger partial charge in [-0.15, -0.1) is 24.0 Å². The van der Waals surface area contributed by atoms with E-state index in [1.165, 1.54) is 0 Å². The maximum atomic E-state index is 12.6. The third-order valence-electron chi connectivity index (χ3n) is 4.33. The summed E-state index contributed by atoms with van der Waals surface area (Å²) in [7, 11) is 4.10. The Hall–Kier alpha value is -1.36. The number of guanidine groups is 1. The van der Waals surface area contributed by atoms with Crippen molar-refractivity contribution in [2.24, 2.45) is 4.99 Å². The zero-order chi connectivity index (χ0) is 19.6. The molecule has 1 aromatic carbocycles. The Morgan fingerprint density at radius 2 is 2.11 bits per heavy atom. The number of nitrogens with one attached hydrogen (secondary N) is 2. The molecule has 1 aliphatic heterocycles. The van der Waals surface area contributed by atoms with Crippen molar-refractivity contribution in [2.75, 3.05) is 51.7 Å². The topological polar surface area (TPSA) is 52.1 Å². The molecule has 1 heterocycles. The number of nitrogens with zero attached hydrogens (tertiary/aromatic N) is 3. The molecule has 1 saturated heterocycles. The summed E-state index contributed by atoms with van der Waals surface area (Å²) < 4.78 is 29.9. The Labute approximate surface area is 183 Å². The zero-order valence-corrected chi connectivity index (χ0v) is 19.2. The largest absolute Gasteiger partial charge is 0.433 e. The van der Waals surface area contributed by atoms with Crippen LogP contribution in [0.3, 0.4) is 0 Å². The molecule has 1 fully saturated rings. The van der Waals surface area contributed by atoms with E-state index in [4.69, 9.17) is 0 Å². The molecule has 0 bridgehead atoms. The molecular weight excluding hydrogens is 479 g/mol. The van der Waals surface area contributed by atoms with Crippen LogP contribution in [-0.4, -0.2) is 70.3 Å². The van der Waals surface area contributed by atoms with E-state index >= 15 is 0 Å². The number of hydrogen-bond donors (Lipinski definition) is 2. The molecule has 0 aromatic heterocycles. The highest BCUT2D eigenvalue weighted by Gasteiger charge is 2.26. The minimum Gasteiger partial charge on any atom is -0.433 e. The summed E-state index contributed by atoms with van der Waals surface area (Å²) in [5.41, 5.74) is 0.704. The molecule has 9 heteroatoms. The van der Waals surface area contributed by atoms with Crippen LogP contribution in [-0.2, 0) is 0 Å². The zero-order valence-electron chi connectivity index (χ0n) is 16.8. The highest BCUT2D eigenvalue weighted by molar-refractivity contribution is 14.0. The van der Waals surface area contributed by atoms with Gasteiger partial charge in [-0.2, -0.15) is 8.78 Å². The van der Waals surface area contributed by atoms with Gasteiger partial charge >= 0.3 is 6.61 Å². The number of halogens is 3. The van der Waals surface area contributed by atoms with Crippen molar-refractivity contribution in [2.45, 2.75) is 32.4 Å². The highest BCUT2D eigenvalue weighted by atomic mass is 127. The van der Waals surface area contributed by atoms with Crippen molar-refractivity contribution in [3.05, 3.63) is 24.3 Å². The maximum absolute atomic E-state index is 12.6. The highest BCUT2D eigenvalue weighted by Crippen LogP contribution is 2.31. The van der Waals surface area contributed by atoms with Gasteiger partial charge in [0.25, 0.3) is 0 Å². The number of aliphatic imine (C=N–C) groups is 1. The smallest absolute Gasteiger partial charge is 0.387 e. The number of alkyl halides is 2. The molecule has 0 aliphatic carbocycles. The first-order chi connectivity index (χ1) is 13.0. The lowest BCUT2D eigenvalue weighted by atomic mass is 10.2. The summed E-state index contributed by atoms with van der Waals surface area (Å²) in [6.45, 7) is 3.26. The molecule has 1 atom stereocenters. The molecule has 0 radical (unpaired) electrons. The normalized spacial score (nSPS) is 17.0. The van der Waals surface area contributed by atoms with E-state index in [0.29, 0.717) is 12.2 Å². The predicted octanol–water partition coefficient (Wildman–Crippen LogP) is 2.99. The standard InChI is InChI=1S/C19H31F2N5O.HI/c1-4-22-19(23-11-7-12-25(2)3)24-15-10-13-26(14-15)16-8-5-6-9-17(16)27-18(20)21;/h5-6,8-9,15,18H,4,7,10-14H2,1-3H3,(H2,22,23,24);1H. The minimum absolute atomic E-state index is 0. The molecule has 1 unspecified atom stereocenters. The molecule has 160 valence electrons. The SMILES string of the molecule is CCNC(=NCCCN(C)C)NC1CCN(c2ccccc2OC(F)F)C1.I. The van der Waals surface area contributed by atoms with Gasteiger partial charge in [0, 0.05) is 32.2 Å². The fourth-order valence-corrected chi connectivity index (χ4v) is 3.10. The second-order valence-corrected chi connectivity index (χ2v) is 6.84. The van der Waals surface area contributed by atoms with Gasteiger partial charge in [-0.25, -0.2) is 0 Å². The predicted molar refractivity (Wildman–Crippen MR) is 121 cm³/mol. The summed E-state index contributed by atoms with van der Waals surface area (Å²) in [5.74, 6) is 1.03. The Morgan fingerprint density at radius 3 is 2.79 bits per heavy atom. The fourth-order valence-electron chi connectivity index (χ4n) is 3.10. The third kappa shape index (κ3) is 8.34. The molecule has 0 spiro atoms. The van der Waals surface area contributed by atoms with Gasteiger partial charge in [0.15, 0.2) is 5.96 Å². The van der Waals surface area contributed by atoms with Crippen LogP contribution in [0.2, 0.25) is 0 Å². The summed E-state index contributed by atoms with van der Waals surface area (Å²) in [5, 5.41) is 6.73. The fraction of sp³-hybridized carbons (Fsp3) is 0.632. The van der Waals surface area contributed by atoms with Crippen LogP contribution in [0, 0.1) is 0 Å². The lowest BCUT2D eigenvalue weighted by Gasteiger charge is -2.22. The summed E-state index contributed by atoms with van der Waals surface area (Å²) in [6.07, 6.45) is 1.91. The molecular formula is C19H32F2IN5O. The van der Waals surface area contributed by atoms with Crippen LogP contribution in [0.1, 0.15) is 19.8 Å². The van der Waals surface area contributed by atoms with Crippen LogP contribution in [0.25, 0.3) is 0 Å². The Kier molecular flexibility index (Phi) is 11.4. The average Bonchev–Trinajstić information content (AvgIpc) is 3.07. The summed E-state index contributed by atoms with van der Waals surface area (Å²) in [6, 6.07) is 7.15.